The average molecular weight is 490 g/mol. The molecule has 36 heavy (non-hydrogen) atoms. The van der Waals surface area contributed by atoms with E-state index in [1.54, 1.807) is 13.3 Å². The van der Waals surface area contributed by atoms with Gasteiger partial charge in [-0.15, -0.1) is 0 Å². The number of benzene rings is 2. The second kappa shape index (κ2) is 10.7. The van der Waals surface area contributed by atoms with Crippen LogP contribution in [-0.2, 0) is 17.8 Å². The van der Waals surface area contributed by atoms with Gasteiger partial charge in [0, 0.05) is 31.4 Å². The molecular formula is C28H35N5O3. The zero-order valence-electron chi connectivity index (χ0n) is 21.3. The van der Waals surface area contributed by atoms with Crippen molar-refractivity contribution in [1.82, 2.24) is 20.0 Å². The molecule has 5 rings (SSSR count). The molecule has 2 N–H and O–H groups in total. The number of likely N-dealkylation sites (N-methyl/N-ethyl adjacent to an activating group) is 1. The summed E-state index contributed by atoms with van der Waals surface area (Å²) in [5, 5.41) is 10.1. The number of H-pyrrole nitrogens is 1. The molecule has 0 spiro atoms. The molecule has 190 valence electrons. The Bertz CT molecular complexity index is 1190. The number of nitrogens with zero attached hydrogens (tertiary/aromatic N) is 3. The molecule has 1 atom stereocenters. The van der Waals surface area contributed by atoms with Gasteiger partial charge in [-0.1, -0.05) is 12.1 Å². The first-order valence-corrected chi connectivity index (χ1v) is 12.6. The number of carbonyl (C=O) groups excluding carboxylic acids is 1. The largest absolute Gasteiger partial charge is 0.497 e. The molecule has 3 aromatic rings. The first-order chi connectivity index (χ1) is 17.5. The predicted octanol–water partition coefficient (Wildman–Crippen LogP) is 3.80. The Morgan fingerprint density at radius 2 is 2.03 bits per heavy atom. The van der Waals surface area contributed by atoms with Gasteiger partial charge in [0.15, 0.2) is 0 Å². The molecule has 2 aromatic carbocycles. The van der Waals surface area contributed by atoms with Crippen molar-refractivity contribution in [2.45, 2.75) is 31.8 Å². The van der Waals surface area contributed by atoms with E-state index in [0.29, 0.717) is 30.4 Å². The van der Waals surface area contributed by atoms with Gasteiger partial charge in [0.1, 0.15) is 18.1 Å². The van der Waals surface area contributed by atoms with Crippen LogP contribution < -0.4 is 14.8 Å². The molecule has 2 aliphatic rings. The Hall–Kier alpha value is -3.36. The number of rotatable bonds is 10. The molecule has 1 saturated carbocycles. The van der Waals surface area contributed by atoms with E-state index in [4.69, 9.17) is 9.47 Å². The molecule has 1 aliphatic carbocycles. The fraction of sp³-hybridized carbons (Fsp3) is 0.429. The molecule has 0 bridgehead atoms. The number of anilines is 1. The number of hydrogen-bond donors (Lipinski definition) is 2. The van der Waals surface area contributed by atoms with Crippen LogP contribution in [0.2, 0.25) is 0 Å². The van der Waals surface area contributed by atoms with Crippen LogP contribution in [0, 0.1) is 5.92 Å². The van der Waals surface area contributed by atoms with Crippen LogP contribution in [0.25, 0.3) is 11.1 Å². The predicted molar refractivity (Wildman–Crippen MR) is 140 cm³/mol. The highest BCUT2D eigenvalue weighted by atomic mass is 16.5. The number of aromatic amines is 1. The van der Waals surface area contributed by atoms with Gasteiger partial charge in [-0.2, -0.15) is 5.10 Å². The topological polar surface area (TPSA) is 82.7 Å². The molecule has 8 nitrogen and oxygen atoms in total. The molecule has 0 unspecified atom stereocenters. The van der Waals surface area contributed by atoms with Gasteiger partial charge in [-0.05, 0) is 80.2 Å². The lowest BCUT2D eigenvalue weighted by atomic mass is 9.92. The Balaban J connectivity index is 1.38. The number of ether oxygens (including phenoxy) is 2. The lowest BCUT2D eigenvalue weighted by Gasteiger charge is -2.36. The molecule has 8 heteroatoms. The standard InChI is InChI=1S/C28H35N5O3/c1-32(2)10-11-36-27-14-20(23-15-29-30-16-23)7-9-25(27)31-28(34)26-13-22-12-24(35-3)8-6-21(22)18-33(26)17-19-4-5-19/h6-9,12,14-16,19,26H,4-5,10-11,13,17-18H2,1-3H3,(H,29,30)(H,31,34)/t26-/m1/s1. The van der Waals surface area contributed by atoms with E-state index >= 15 is 0 Å². The van der Waals surface area contributed by atoms with E-state index < -0.39 is 0 Å². The van der Waals surface area contributed by atoms with Crippen molar-refractivity contribution in [3.8, 4) is 22.6 Å². The third-order valence-corrected chi connectivity index (χ3v) is 7.00. The Kier molecular flexibility index (Phi) is 7.25. The van der Waals surface area contributed by atoms with E-state index in [0.717, 1.165) is 36.5 Å². The lowest BCUT2D eigenvalue weighted by molar-refractivity contribution is -0.122. The zero-order valence-corrected chi connectivity index (χ0v) is 21.3. The minimum absolute atomic E-state index is 0.00218. The molecule has 0 radical (unpaired) electrons. The van der Waals surface area contributed by atoms with Crippen molar-refractivity contribution in [1.29, 1.82) is 0 Å². The van der Waals surface area contributed by atoms with E-state index in [9.17, 15) is 4.79 Å². The fourth-order valence-corrected chi connectivity index (χ4v) is 4.71. The van der Waals surface area contributed by atoms with E-state index in [-0.39, 0.29) is 11.9 Å². The fourth-order valence-electron chi connectivity index (χ4n) is 4.71. The van der Waals surface area contributed by atoms with Crippen molar-refractivity contribution in [2.24, 2.45) is 5.92 Å². The van der Waals surface area contributed by atoms with Crippen LogP contribution in [0.1, 0.15) is 24.0 Å². The Labute approximate surface area is 212 Å². The number of aromatic nitrogens is 2. The Morgan fingerprint density at radius 1 is 1.17 bits per heavy atom. The third kappa shape index (κ3) is 5.71. The summed E-state index contributed by atoms with van der Waals surface area (Å²) < 4.78 is 11.6. The molecule has 1 aromatic heterocycles. The molecule has 1 amide bonds. The lowest BCUT2D eigenvalue weighted by Crippen LogP contribution is -2.48. The van der Waals surface area contributed by atoms with Crippen LogP contribution in [-0.4, -0.2) is 72.8 Å². The zero-order chi connectivity index (χ0) is 25.1. The van der Waals surface area contributed by atoms with Crippen LogP contribution in [0.5, 0.6) is 11.5 Å². The summed E-state index contributed by atoms with van der Waals surface area (Å²) >= 11 is 0. The maximum absolute atomic E-state index is 13.7. The molecule has 1 fully saturated rings. The number of amides is 1. The van der Waals surface area contributed by atoms with Gasteiger partial charge in [0.25, 0.3) is 0 Å². The SMILES string of the molecule is COc1ccc2c(c1)C[C@H](C(=O)Nc1ccc(-c3cn[nH]c3)cc1OCCN(C)C)N(CC1CC1)C2. The number of nitrogens with one attached hydrogen (secondary N) is 2. The summed E-state index contributed by atoms with van der Waals surface area (Å²) in [6, 6.07) is 11.9. The van der Waals surface area contributed by atoms with Crippen LogP contribution in [0.3, 0.4) is 0 Å². The maximum Gasteiger partial charge on any atom is 0.242 e. The van der Waals surface area contributed by atoms with Gasteiger partial charge in [-0.25, -0.2) is 0 Å². The van der Waals surface area contributed by atoms with E-state index in [1.165, 1.54) is 24.0 Å². The number of hydrogen-bond acceptors (Lipinski definition) is 6. The molecule has 1 aliphatic heterocycles. The smallest absolute Gasteiger partial charge is 0.242 e. The highest BCUT2D eigenvalue weighted by Gasteiger charge is 2.35. The summed E-state index contributed by atoms with van der Waals surface area (Å²) in [6.45, 7) is 3.03. The summed E-state index contributed by atoms with van der Waals surface area (Å²) in [7, 11) is 5.70. The van der Waals surface area contributed by atoms with Crippen LogP contribution >= 0.6 is 0 Å². The first kappa shape index (κ1) is 24.3. The van der Waals surface area contributed by atoms with Gasteiger partial charge in [-0.3, -0.25) is 14.8 Å². The van der Waals surface area contributed by atoms with Crippen LogP contribution in [0.4, 0.5) is 5.69 Å². The third-order valence-electron chi connectivity index (χ3n) is 7.00. The van der Waals surface area contributed by atoms with E-state index in [1.807, 2.05) is 44.6 Å². The van der Waals surface area contributed by atoms with Crippen LogP contribution in [0.15, 0.2) is 48.8 Å². The molecular weight excluding hydrogens is 454 g/mol. The van der Waals surface area contributed by atoms with Crippen molar-refractivity contribution in [3.63, 3.8) is 0 Å². The summed E-state index contributed by atoms with van der Waals surface area (Å²) in [5.74, 6) is 2.18. The first-order valence-electron chi connectivity index (χ1n) is 12.6. The minimum atomic E-state index is -0.242. The second-order valence-electron chi connectivity index (χ2n) is 10.1. The van der Waals surface area contributed by atoms with Gasteiger partial charge in [0.2, 0.25) is 5.91 Å². The van der Waals surface area contributed by atoms with Crippen molar-refractivity contribution >= 4 is 11.6 Å². The second-order valence-corrected chi connectivity index (χ2v) is 10.1. The Morgan fingerprint density at radius 3 is 2.75 bits per heavy atom. The quantitative estimate of drug-likeness (QED) is 0.451. The van der Waals surface area contributed by atoms with Gasteiger partial charge in [0.05, 0.1) is 25.0 Å². The van der Waals surface area contributed by atoms with Gasteiger partial charge >= 0.3 is 0 Å². The van der Waals surface area contributed by atoms with Crippen molar-refractivity contribution < 1.29 is 14.3 Å². The minimum Gasteiger partial charge on any atom is -0.497 e. The average Bonchev–Trinajstić information content (AvgIpc) is 3.52. The van der Waals surface area contributed by atoms with Crippen molar-refractivity contribution in [2.75, 3.05) is 46.2 Å². The summed E-state index contributed by atoms with van der Waals surface area (Å²) in [6.07, 6.45) is 6.79. The number of fused-ring (bicyclic) bond motifs is 1. The number of carbonyl (C=O) groups is 1. The molecule has 0 saturated heterocycles. The molecule has 2 heterocycles. The highest BCUT2D eigenvalue weighted by Crippen LogP contribution is 2.35. The van der Waals surface area contributed by atoms with Crippen molar-refractivity contribution in [3.05, 3.63) is 59.9 Å². The number of methoxy groups -OCH3 is 1. The van der Waals surface area contributed by atoms with E-state index in [2.05, 4.69) is 37.4 Å². The maximum atomic E-state index is 13.7. The monoisotopic (exact) mass is 489 g/mol. The summed E-state index contributed by atoms with van der Waals surface area (Å²) in [5.41, 5.74) is 5.10. The van der Waals surface area contributed by atoms with Gasteiger partial charge < -0.3 is 19.7 Å². The normalized spacial score (nSPS) is 17.6. The highest BCUT2D eigenvalue weighted by molar-refractivity contribution is 5.97. The summed E-state index contributed by atoms with van der Waals surface area (Å²) in [4.78, 5) is 18.1.